The van der Waals surface area contributed by atoms with Gasteiger partial charge in [0.1, 0.15) is 5.71 Å². The predicted octanol–water partition coefficient (Wildman–Crippen LogP) is 2.20. The fraction of sp³-hybridized carbons (Fsp3) is 0.545. The number of allylic oxidation sites excluding steroid dienone is 1. The minimum Gasteiger partial charge on any atom is -0.374 e. The first-order valence-corrected chi connectivity index (χ1v) is 5.04. The zero-order chi connectivity index (χ0) is 11.6. The molecule has 1 heterocycles. The fourth-order valence-electron chi connectivity index (χ4n) is 1.69. The Bertz CT molecular complexity index is 366. The SMILES string of the molecule is CCOC(C)C1=C(C)N=C(C)C(=N)C1=N. The summed E-state index contributed by atoms with van der Waals surface area (Å²) in [7, 11) is 0. The summed E-state index contributed by atoms with van der Waals surface area (Å²) >= 11 is 0. The van der Waals surface area contributed by atoms with Crippen molar-refractivity contribution < 1.29 is 4.74 Å². The normalized spacial score (nSPS) is 19.3. The second-order valence-electron chi connectivity index (χ2n) is 3.54. The molecule has 0 amide bonds. The van der Waals surface area contributed by atoms with E-state index < -0.39 is 0 Å². The largest absolute Gasteiger partial charge is 0.374 e. The van der Waals surface area contributed by atoms with Crippen molar-refractivity contribution in [1.29, 1.82) is 10.8 Å². The number of ether oxygens (including phenoxy) is 1. The highest BCUT2D eigenvalue weighted by molar-refractivity contribution is 6.70. The highest BCUT2D eigenvalue weighted by Gasteiger charge is 2.25. The number of nitrogens with one attached hydrogen (secondary N) is 2. The van der Waals surface area contributed by atoms with Gasteiger partial charge in [0.05, 0.1) is 17.5 Å². The van der Waals surface area contributed by atoms with Crippen LogP contribution in [0.3, 0.4) is 0 Å². The zero-order valence-corrected chi connectivity index (χ0v) is 9.64. The number of hydrogen-bond acceptors (Lipinski definition) is 4. The van der Waals surface area contributed by atoms with E-state index in [9.17, 15) is 0 Å². The smallest absolute Gasteiger partial charge is 0.101 e. The number of nitrogens with zero attached hydrogens (tertiary/aromatic N) is 1. The van der Waals surface area contributed by atoms with Gasteiger partial charge in [0.15, 0.2) is 0 Å². The van der Waals surface area contributed by atoms with Crippen molar-refractivity contribution in [2.75, 3.05) is 6.61 Å². The molecule has 0 aromatic carbocycles. The van der Waals surface area contributed by atoms with Crippen LogP contribution >= 0.6 is 0 Å². The van der Waals surface area contributed by atoms with Gasteiger partial charge in [-0.2, -0.15) is 0 Å². The van der Waals surface area contributed by atoms with Crippen molar-refractivity contribution in [3.05, 3.63) is 11.3 Å². The first kappa shape index (κ1) is 11.8. The third-order valence-electron chi connectivity index (χ3n) is 2.43. The maximum Gasteiger partial charge on any atom is 0.101 e. The molecule has 15 heavy (non-hydrogen) atoms. The molecule has 1 aliphatic heterocycles. The maximum absolute atomic E-state index is 7.88. The molecule has 1 atom stereocenters. The number of aliphatic imine (C=N–C) groups is 1. The molecule has 0 fully saturated rings. The van der Waals surface area contributed by atoms with E-state index in [1.54, 1.807) is 6.92 Å². The van der Waals surface area contributed by atoms with Crippen molar-refractivity contribution in [2.24, 2.45) is 4.99 Å². The van der Waals surface area contributed by atoms with Crippen LogP contribution in [0.15, 0.2) is 16.3 Å². The Morgan fingerprint density at radius 2 is 1.87 bits per heavy atom. The molecule has 2 N–H and O–H groups in total. The molecule has 0 saturated heterocycles. The van der Waals surface area contributed by atoms with Crippen LogP contribution < -0.4 is 0 Å². The van der Waals surface area contributed by atoms with E-state index >= 15 is 0 Å². The van der Waals surface area contributed by atoms with E-state index in [1.807, 2.05) is 20.8 Å². The zero-order valence-electron chi connectivity index (χ0n) is 9.64. The van der Waals surface area contributed by atoms with Crippen LogP contribution in [-0.2, 0) is 4.74 Å². The Morgan fingerprint density at radius 1 is 1.27 bits per heavy atom. The van der Waals surface area contributed by atoms with E-state index in [1.165, 1.54) is 0 Å². The lowest BCUT2D eigenvalue weighted by Gasteiger charge is -2.22. The summed E-state index contributed by atoms with van der Waals surface area (Å²) in [6.45, 7) is 8.01. The topological polar surface area (TPSA) is 69.3 Å². The summed E-state index contributed by atoms with van der Waals surface area (Å²) in [6, 6.07) is 0. The Hall–Kier alpha value is -1.29. The van der Waals surface area contributed by atoms with Gasteiger partial charge in [-0.1, -0.05) is 0 Å². The molecular weight excluding hydrogens is 190 g/mol. The molecule has 1 unspecified atom stereocenters. The van der Waals surface area contributed by atoms with Crippen LogP contribution in [0.25, 0.3) is 0 Å². The Kier molecular flexibility index (Phi) is 3.52. The molecule has 4 heteroatoms. The molecule has 1 aliphatic rings. The van der Waals surface area contributed by atoms with Crippen molar-refractivity contribution in [3.8, 4) is 0 Å². The highest BCUT2D eigenvalue weighted by Crippen LogP contribution is 2.19. The van der Waals surface area contributed by atoms with Gasteiger partial charge in [0.2, 0.25) is 0 Å². The summed E-state index contributed by atoms with van der Waals surface area (Å²) in [5.74, 6) is 0. The van der Waals surface area contributed by atoms with Crippen LogP contribution in [0, 0.1) is 10.8 Å². The lowest BCUT2D eigenvalue weighted by molar-refractivity contribution is 0.105. The Morgan fingerprint density at radius 3 is 2.40 bits per heavy atom. The van der Waals surface area contributed by atoms with Gasteiger partial charge in [-0.05, 0) is 27.7 Å². The summed E-state index contributed by atoms with van der Waals surface area (Å²) in [6.07, 6.45) is -0.167. The molecule has 0 aromatic heterocycles. The first-order valence-electron chi connectivity index (χ1n) is 5.04. The van der Waals surface area contributed by atoms with E-state index in [4.69, 9.17) is 15.6 Å². The molecule has 82 valence electrons. The first-order chi connectivity index (χ1) is 6.99. The van der Waals surface area contributed by atoms with Crippen molar-refractivity contribution in [3.63, 3.8) is 0 Å². The minimum absolute atomic E-state index is 0.167. The van der Waals surface area contributed by atoms with Gasteiger partial charge in [-0.3, -0.25) is 15.8 Å². The predicted molar refractivity (Wildman–Crippen MR) is 62.4 cm³/mol. The lowest BCUT2D eigenvalue weighted by atomic mass is 9.95. The van der Waals surface area contributed by atoms with Gasteiger partial charge in [-0.25, -0.2) is 0 Å². The van der Waals surface area contributed by atoms with Gasteiger partial charge >= 0.3 is 0 Å². The van der Waals surface area contributed by atoms with Crippen LogP contribution in [-0.4, -0.2) is 29.8 Å². The van der Waals surface area contributed by atoms with Gasteiger partial charge in [0.25, 0.3) is 0 Å². The fourth-order valence-corrected chi connectivity index (χ4v) is 1.69. The second kappa shape index (κ2) is 4.49. The molecule has 0 radical (unpaired) electrons. The van der Waals surface area contributed by atoms with Crippen LogP contribution in [0.5, 0.6) is 0 Å². The molecule has 1 rings (SSSR count). The van der Waals surface area contributed by atoms with Gasteiger partial charge < -0.3 is 4.74 Å². The Labute approximate surface area is 90.1 Å². The summed E-state index contributed by atoms with van der Waals surface area (Å²) < 4.78 is 5.44. The monoisotopic (exact) mass is 207 g/mol. The molecule has 0 aliphatic carbocycles. The maximum atomic E-state index is 7.88. The average Bonchev–Trinajstić information content (AvgIpc) is 2.15. The van der Waals surface area contributed by atoms with Crippen LogP contribution in [0.2, 0.25) is 0 Å². The van der Waals surface area contributed by atoms with Gasteiger partial charge in [0, 0.05) is 17.9 Å². The second-order valence-corrected chi connectivity index (χ2v) is 3.54. The van der Waals surface area contributed by atoms with E-state index in [-0.39, 0.29) is 17.5 Å². The molecule has 0 saturated carbocycles. The molecule has 4 nitrogen and oxygen atoms in total. The quantitative estimate of drug-likeness (QED) is 0.731. The van der Waals surface area contributed by atoms with Crippen molar-refractivity contribution in [1.82, 2.24) is 0 Å². The van der Waals surface area contributed by atoms with Crippen LogP contribution in [0.4, 0.5) is 0 Å². The van der Waals surface area contributed by atoms with Crippen LogP contribution in [0.1, 0.15) is 27.7 Å². The molecular formula is C11H17N3O. The van der Waals surface area contributed by atoms with Crippen molar-refractivity contribution >= 4 is 17.1 Å². The summed E-state index contributed by atoms with van der Waals surface area (Å²) in [5, 5.41) is 15.6. The summed E-state index contributed by atoms with van der Waals surface area (Å²) in [4.78, 5) is 4.25. The highest BCUT2D eigenvalue weighted by atomic mass is 16.5. The Balaban J connectivity index is 3.09. The molecule has 0 aromatic rings. The number of rotatable bonds is 3. The average molecular weight is 207 g/mol. The minimum atomic E-state index is -0.167. The standard InChI is InChI=1S/C11H17N3O/c1-5-15-8(4)9-6(2)14-7(3)10(12)11(9)13/h8,12-13H,5H2,1-4H3. The van der Waals surface area contributed by atoms with Gasteiger partial charge in [-0.15, -0.1) is 0 Å². The van der Waals surface area contributed by atoms with Crippen molar-refractivity contribution in [2.45, 2.75) is 33.8 Å². The third-order valence-corrected chi connectivity index (χ3v) is 2.43. The van der Waals surface area contributed by atoms with E-state index in [0.717, 1.165) is 11.3 Å². The molecule has 0 bridgehead atoms. The summed E-state index contributed by atoms with van der Waals surface area (Å²) in [5.41, 5.74) is 2.55. The third kappa shape index (κ3) is 2.21. The molecule has 0 spiro atoms. The number of hydrogen-bond donors (Lipinski definition) is 2. The van der Waals surface area contributed by atoms with E-state index in [2.05, 4.69) is 4.99 Å². The lowest BCUT2D eigenvalue weighted by Crippen LogP contribution is -2.32. The van der Waals surface area contributed by atoms with E-state index in [0.29, 0.717) is 12.3 Å².